The van der Waals surface area contributed by atoms with Gasteiger partial charge in [-0.05, 0) is 31.6 Å². The summed E-state index contributed by atoms with van der Waals surface area (Å²) < 4.78 is 0. The quantitative estimate of drug-likeness (QED) is 0.926. The molecule has 1 amide bonds. The average molecular weight is 338 g/mol. The van der Waals surface area contributed by atoms with Crippen molar-refractivity contribution in [2.45, 2.75) is 44.9 Å². The van der Waals surface area contributed by atoms with Crippen molar-refractivity contribution in [3.05, 3.63) is 30.0 Å². The van der Waals surface area contributed by atoms with Crippen LogP contribution in [0.2, 0.25) is 0 Å². The molecule has 0 bridgehead atoms. The fourth-order valence-corrected chi connectivity index (χ4v) is 4.13. The summed E-state index contributed by atoms with van der Waals surface area (Å²) in [4.78, 5) is 15.0. The highest BCUT2D eigenvalue weighted by atomic mass is 16.1. The van der Waals surface area contributed by atoms with Crippen LogP contribution in [0.15, 0.2) is 24.3 Å². The lowest BCUT2D eigenvalue weighted by molar-refractivity contribution is 0.0939. The molecule has 1 aromatic heterocycles. The SMILES string of the molecule is O=C(NCC1CCCCC1)c1nnc(N2CCCC2)c2ccccc12. The van der Waals surface area contributed by atoms with E-state index < -0.39 is 0 Å². The Balaban J connectivity index is 1.56. The molecule has 4 rings (SSSR count). The van der Waals surface area contributed by atoms with Gasteiger partial charge in [0.15, 0.2) is 11.5 Å². The van der Waals surface area contributed by atoms with Crippen molar-refractivity contribution >= 4 is 22.5 Å². The van der Waals surface area contributed by atoms with Gasteiger partial charge >= 0.3 is 0 Å². The highest BCUT2D eigenvalue weighted by Crippen LogP contribution is 2.28. The Labute approximate surface area is 148 Å². The number of fused-ring (bicyclic) bond motifs is 1. The fourth-order valence-electron chi connectivity index (χ4n) is 4.13. The minimum atomic E-state index is -0.0951. The standard InChI is InChI=1S/C20H26N4O/c25-20(21-14-15-8-2-1-3-9-15)18-16-10-4-5-11-17(16)19(23-22-18)24-12-6-7-13-24/h4-5,10-11,15H,1-3,6-9,12-14H2,(H,21,25). The molecule has 5 heteroatoms. The Kier molecular flexibility index (Phi) is 4.81. The van der Waals surface area contributed by atoms with E-state index in [2.05, 4.69) is 26.5 Å². The molecule has 1 aliphatic heterocycles. The molecule has 0 atom stereocenters. The normalized spacial score (nSPS) is 18.6. The maximum Gasteiger partial charge on any atom is 0.272 e. The molecule has 1 saturated heterocycles. The summed E-state index contributed by atoms with van der Waals surface area (Å²) >= 11 is 0. The van der Waals surface area contributed by atoms with Crippen LogP contribution in [0, 0.1) is 5.92 Å². The molecule has 1 N–H and O–H groups in total. The number of rotatable bonds is 4. The van der Waals surface area contributed by atoms with Gasteiger partial charge in [0.1, 0.15) is 0 Å². The van der Waals surface area contributed by atoms with E-state index in [9.17, 15) is 4.79 Å². The molecule has 2 heterocycles. The number of hydrogen-bond donors (Lipinski definition) is 1. The number of hydrogen-bond acceptors (Lipinski definition) is 4. The van der Waals surface area contributed by atoms with E-state index in [1.54, 1.807) is 0 Å². The number of carbonyl (C=O) groups is 1. The molecule has 0 spiro atoms. The van der Waals surface area contributed by atoms with Crippen LogP contribution >= 0.6 is 0 Å². The molecule has 132 valence electrons. The van der Waals surface area contributed by atoms with Crippen molar-refractivity contribution in [2.75, 3.05) is 24.5 Å². The number of amides is 1. The van der Waals surface area contributed by atoms with Crippen LogP contribution in [0.3, 0.4) is 0 Å². The lowest BCUT2D eigenvalue weighted by Crippen LogP contribution is -2.31. The van der Waals surface area contributed by atoms with Gasteiger partial charge in [-0.25, -0.2) is 0 Å². The number of aromatic nitrogens is 2. The average Bonchev–Trinajstić information content (AvgIpc) is 3.20. The van der Waals surface area contributed by atoms with Crippen molar-refractivity contribution < 1.29 is 4.79 Å². The van der Waals surface area contributed by atoms with Gasteiger partial charge in [-0.3, -0.25) is 4.79 Å². The second-order valence-electron chi connectivity index (χ2n) is 7.33. The largest absolute Gasteiger partial charge is 0.355 e. The van der Waals surface area contributed by atoms with E-state index in [0.29, 0.717) is 11.6 Å². The van der Waals surface area contributed by atoms with Crippen LogP contribution in [0.1, 0.15) is 55.4 Å². The molecule has 1 saturated carbocycles. The van der Waals surface area contributed by atoms with Crippen LogP contribution in [0.25, 0.3) is 10.8 Å². The number of benzene rings is 1. The van der Waals surface area contributed by atoms with Crippen LogP contribution in [-0.4, -0.2) is 35.7 Å². The van der Waals surface area contributed by atoms with E-state index >= 15 is 0 Å². The first-order valence-electron chi connectivity index (χ1n) is 9.61. The second-order valence-corrected chi connectivity index (χ2v) is 7.33. The Bertz CT molecular complexity index is 748. The summed E-state index contributed by atoms with van der Waals surface area (Å²) in [7, 11) is 0. The topological polar surface area (TPSA) is 58.1 Å². The zero-order chi connectivity index (χ0) is 17.1. The molecule has 25 heavy (non-hydrogen) atoms. The van der Waals surface area contributed by atoms with Gasteiger partial charge in [0, 0.05) is 30.4 Å². The summed E-state index contributed by atoms with van der Waals surface area (Å²) in [6.45, 7) is 2.79. The Morgan fingerprint density at radius 1 is 1.00 bits per heavy atom. The highest BCUT2D eigenvalue weighted by Gasteiger charge is 2.21. The highest BCUT2D eigenvalue weighted by molar-refractivity contribution is 6.07. The predicted octanol–water partition coefficient (Wildman–Crippen LogP) is 3.54. The van der Waals surface area contributed by atoms with Crippen LogP contribution in [-0.2, 0) is 0 Å². The number of anilines is 1. The summed E-state index contributed by atoms with van der Waals surface area (Å²) in [5.74, 6) is 1.43. The van der Waals surface area contributed by atoms with Gasteiger partial charge in [0.05, 0.1) is 0 Å². The van der Waals surface area contributed by atoms with Gasteiger partial charge in [-0.15, -0.1) is 10.2 Å². The molecule has 0 unspecified atom stereocenters. The lowest BCUT2D eigenvalue weighted by Gasteiger charge is -2.22. The Morgan fingerprint density at radius 3 is 2.48 bits per heavy atom. The van der Waals surface area contributed by atoms with Crippen LogP contribution in [0.4, 0.5) is 5.82 Å². The summed E-state index contributed by atoms with van der Waals surface area (Å²) in [5.41, 5.74) is 0.453. The van der Waals surface area contributed by atoms with Crippen LogP contribution < -0.4 is 10.2 Å². The van der Waals surface area contributed by atoms with Gasteiger partial charge in [-0.1, -0.05) is 43.5 Å². The molecule has 1 aromatic carbocycles. The molecule has 1 aliphatic carbocycles. The first-order valence-corrected chi connectivity index (χ1v) is 9.61. The molecule has 0 radical (unpaired) electrons. The molecular formula is C20H26N4O. The maximum absolute atomic E-state index is 12.7. The van der Waals surface area contributed by atoms with E-state index in [1.807, 2.05) is 18.2 Å². The third-order valence-electron chi connectivity index (χ3n) is 5.56. The van der Waals surface area contributed by atoms with E-state index in [-0.39, 0.29) is 5.91 Å². The first-order chi connectivity index (χ1) is 12.3. The summed E-state index contributed by atoms with van der Waals surface area (Å²) in [5, 5.41) is 13.8. The number of nitrogens with zero attached hydrogens (tertiary/aromatic N) is 3. The Morgan fingerprint density at radius 2 is 1.72 bits per heavy atom. The molecule has 5 nitrogen and oxygen atoms in total. The minimum absolute atomic E-state index is 0.0951. The summed E-state index contributed by atoms with van der Waals surface area (Å²) in [6, 6.07) is 8.01. The Hall–Kier alpha value is -2.17. The van der Waals surface area contributed by atoms with Crippen molar-refractivity contribution in [1.29, 1.82) is 0 Å². The third-order valence-corrected chi connectivity index (χ3v) is 5.56. The minimum Gasteiger partial charge on any atom is -0.355 e. The molecular weight excluding hydrogens is 312 g/mol. The predicted molar refractivity (Wildman–Crippen MR) is 99.9 cm³/mol. The van der Waals surface area contributed by atoms with Gasteiger partial charge in [-0.2, -0.15) is 0 Å². The molecule has 2 fully saturated rings. The van der Waals surface area contributed by atoms with E-state index in [1.165, 1.54) is 44.9 Å². The molecule has 2 aliphatic rings. The zero-order valence-electron chi connectivity index (χ0n) is 14.7. The third kappa shape index (κ3) is 3.46. The first kappa shape index (κ1) is 16.3. The van der Waals surface area contributed by atoms with Crippen molar-refractivity contribution in [1.82, 2.24) is 15.5 Å². The summed E-state index contributed by atoms with van der Waals surface area (Å²) in [6.07, 6.45) is 8.74. The maximum atomic E-state index is 12.7. The van der Waals surface area contributed by atoms with E-state index in [0.717, 1.165) is 36.2 Å². The van der Waals surface area contributed by atoms with Crippen molar-refractivity contribution in [2.24, 2.45) is 5.92 Å². The van der Waals surface area contributed by atoms with Gasteiger partial charge < -0.3 is 10.2 Å². The smallest absolute Gasteiger partial charge is 0.272 e. The number of carbonyl (C=O) groups excluding carboxylic acids is 1. The lowest BCUT2D eigenvalue weighted by atomic mass is 9.89. The zero-order valence-corrected chi connectivity index (χ0v) is 14.7. The fraction of sp³-hybridized carbons (Fsp3) is 0.550. The van der Waals surface area contributed by atoms with Crippen molar-refractivity contribution in [3.63, 3.8) is 0 Å². The van der Waals surface area contributed by atoms with Gasteiger partial charge in [0.2, 0.25) is 0 Å². The van der Waals surface area contributed by atoms with Crippen molar-refractivity contribution in [3.8, 4) is 0 Å². The molecule has 2 aromatic rings. The van der Waals surface area contributed by atoms with Crippen LogP contribution in [0.5, 0.6) is 0 Å². The second kappa shape index (κ2) is 7.38. The number of nitrogens with one attached hydrogen (secondary N) is 1. The van der Waals surface area contributed by atoms with E-state index in [4.69, 9.17) is 0 Å². The monoisotopic (exact) mass is 338 g/mol. The van der Waals surface area contributed by atoms with Gasteiger partial charge in [0.25, 0.3) is 5.91 Å².